The van der Waals surface area contributed by atoms with Crippen LogP contribution < -0.4 is 10.9 Å². The Morgan fingerprint density at radius 2 is 1.17 bits per heavy atom. The molecule has 0 atom stereocenters. The maximum atomic E-state index is 12.0. The molecule has 7 nitrogen and oxygen atoms in total. The summed E-state index contributed by atoms with van der Waals surface area (Å²) in [4.78, 5) is 24.0. The Morgan fingerprint density at radius 3 is 1.57 bits per heavy atom. The predicted molar refractivity (Wildman–Crippen MR) is 119 cm³/mol. The van der Waals surface area contributed by atoms with E-state index in [9.17, 15) is 14.7 Å². The third-order valence-corrected chi connectivity index (χ3v) is 4.40. The van der Waals surface area contributed by atoms with Crippen LogP contribution >= 0.6 is 15.9 Å². The van der Waals surface area contributed by atoms with Crippen LogP contribution in [-0.2, 0) is 0 Å². The number of carbonyl (C=O) groups excluding carboxylic acids is 2. The second-order valence-electron chi connectivity index (χ2n) is 6.06. The number of amides is 2. The van der Waals surface area contributed by atoms with Crippen molar-refractivity contribution in [2.75, 3.05) is 0 Å². The quantitative estimate of drug-likeness (QED) is 0.382. The van der Waals surface area contributed by atoms with Crippen molar-refractivity contribution in [3.63, 3.8) is 0 Å². The van der Waals surface area contributed by atoms with E-state index < -0.39 is 0 Å². The molecule has 3 aromatic carbocycles. The van der Waals surface area contributed by atoms with E-state index in [-0.39, 0.29) is 17.6 Å². The van der Waals surface area contributed by atoms with Gasteiger partial charge in [-0.2, -0.15) is 10.2 Å². The number of phenolic OH excluding ortho intramolecular Hbond substituents is 1. The van der Waals surface area contributed by atoms with E-state index >= 15 is 0 Å². The van der Waals surface area contributed by atoms with E-state index in [4.69, 9.17) is 0 Å². The molecule has 0 aliphatic carbocycles. The number of nitrogens with zero attached hydrogens (tertiary/aromatic N) is 2. The van der Waals surface area contributed by atoms with Gasteiger partial charge in [0.25, 0.3) is 11.8 Å². The maximum Gasteiger partial charge on any atom is 0.271 e. The van der Waals surface area contributed by atoms with Crippen LogP contribution in [0, 0.1) is 0 Å². The van der Waals surface area contributed by atoms with Crippen molar-refractivity contribution < 1.29 is 14.7 Å². The molecule has 30 heavy (non-hydrogen) atoms. The molecule has 0 heterocycles. The van der Waals surface area contributed by atoms with E-state index in [1.165, 1.54) is 12.4 Å². The Kier molecular flexibility index (Phi) is 7.07. The summed E-state index contributed by atoms with van der Waals surface area (Å²) in [6, 6.07) is 20.6. The first kappa shape index (κ1) is 20.9. The van der Waals surface area contributed by atoms with Crippen LogP contribution in [0.3, 0.4) is 0 Å². The molecule has 3 rings (SSSR count). The second kappa shape index (κ2) is 10.1. The summed E-state index contributed by atoms with van der Waals surface area (Å²) in [5.41, 5.74) is 6.45. The Bertz CT molecular complexity index is 1020. The number of halogens is 1. The molecule has 0 spiro atoms. The lowest BCUT2D eigenvalue weighted by Crippen LogP contribution is -2.17. The molecular formula is C22H17BrN4O3. The number of hydrogen-bond acceptors (Lipinski definition) is 5. The van der Waals surface area contributed by atoms with Crippen LogP contribution in [0.4, 0.5) is 0 Å². The maximum absolute atomic E-state index is 12.0. The van der Waals surface area contributed by atoms with Gasteiger partial charge in [-0.05, 0) is 36.4 Å². The van der Waals surface area contributed by atoms with Crippen LogP contribution in [0.5, 0.6) is 5.75 Å². The van der Waals surface area contributed by atoms with Crippen LogP contribution in [0.1, 0.15) is 31.8 Å². The molecule has 0 aromatic heterocycles. The van der Waals surface area contributed by atoms with Crippen LogP contribution in [0.2, 0.25) is 0 Å². The van der Waals surface area contributed by atoms with Gasteiger partial charge in [0.15, 0.2) is 0 Å². The van der Waals surface area contributed by atoms with Crippen molar-refractivity contribution in [1.82, 2.24) is 10.9 Å². The fourth-order valence-electron chi connectivity index (χ4n) is 2.47. The standard InChI is InChI=1S/C22H17BrN4O3/c23-19-11-17(13-24-26-21(29)15-7-3-1-4-8-15)20(28)18(12-19)14-25-27-22(30)16-9-5-2-6-10-16/h1-14,28H,(H,26,29)(H,27,30). The molecule has 0 aliphatic rings. The van der Waals surface area contributed by atoms with E-state index in [0.29, 0.717) is 26.7 Å². The normalized spacial score (nSPS) is 11.0. The molecule has 8 heteroatoms. The summed E-state index contributed by atoms with van der Waals surface area (Å²) in [6.45, 7) is 0. The highest BCUT2D eigenvalue weighted by Crippen LogP contribution is 2.25. The van der Waals surface area contributed by atoms with Gasteiger partial charge in [-0.1, -0.05) is 52.3 Å². The van der Waals surface area contributed by atoms with Crippen molar-refractivity contribution in [2.24, 2.45) is 10.2 Å². The molecule has 0 saturated carbocycles. The van der Waals surface area contributed by atoms with Crippen molar-refractivity contribution in [2.45, 2.75) is 0 Å². The first-order valence-corrected chi connectivity index (χ1v) is 9.63. The van der Waals surface area contributed by atoms with Gasteiger partial charge < -0.3 is 5.11 Å². The molecule has 3 N–H and O–H groups in total. The van der Waals surface area contributed by atoms with Crippen molar-refractivity contribution >= 4 is 40.2 Å². The molecule has 0 aliphatic heterocycles. The SMILES string of the molecule is O=C(NN=Cc1cc(Br)cc(C=NNC(=O)c2ccccc2)c1O)c1ccccc1. The Hall–Kier alpha value is -3.78. The van der Waals surface area contributed by atoms with E-state index in [1.54, 1.807) is 60.7 Å². The zero-order valence-corrected chi connectivity index (χ0v) is 17.2. The Balaban J connectivity index is 1.68. The van der Waals surface area contributed by atoms with Gasteiger partial charge in [-0.15, -0.1) is 0 Å². The lowest BCUT2D eigenvalue weighted by atomic mass is 10.1. The van der Waals surface area contributed by atoms with Gasteiger partial charge in [0.05, 0.1) is 12.4 Å². The minimum absolute atomic E-state index is 0.103. The first-order valence-electron chi connectivity index (χ1n) is 8.84. The number of phenols is 1. The largest absolute Gasteiger partial charge is 0.507 e. The summed E-state index contributed by atoms with van der Waals surface area (Å²) < 4.78 is 0.659. The van der Waals surface area contributed by atoms with E-state index in [1.807, 2.05) is 12.1 Å². The summed E-state index contributed by atoms with van der Waals surface area (Å²) >= 11 is 3.35. The Morgan fingerprint density at radius 1 is 0.767 bits per heavy atom. The molecule has 0 unspecified atom stereocenters. The molecular weight excluding hydrogens is 448 g/mol. The van der Waals surface area contributed by atoms with Crippen LogP contribution in [-0.4, -0.2) is 29.4 Å². The zero-order chi connectivity index (χ0) is 21.3. The average molecular weight is 465 g/mol. The number of hydrazone groups is 2. The number of hydrogen-bond donors (Lipinski definition) is 3. The monoisotopic (exact) mass is 464 g/mol. The third kappa shape index (κ3) is 5.62. The minimum atomic E-state index is -0.369. The van der Waals surface area contributed by atoms with Crippen molar-refractivity contribution in [3.8, 4) is 5.75 Å². The number of carbonyl (C=O) groups is 2. The topological polar surface area (TPSA) is 103 Å². The van der Waals surface area contributed by atoms with Crippen LogP contribution in [0.25, 0.3) is 0 Å². The summed E-state index contributed by atoms with van der Waals surface area (Å²) in [5, 5.41) is 18.2. The fraction of sp³-hybridized carbons (Fsp3) is 0. The molecule has 0 bridgehead atoms. The molecule has 0 saturated heterocycles. The fourth-order valence-corrected chi connectivity index (χ4v) is 2.96. The smallest absolute Gasteiger partial charge is 0.271 e. The number of benzene rings is 3. The van der Waals surface area contributed by atoms with Gasteiger partial charge in [-0.25, -0.2) is 10.9 Å². The summed E-state index contributed by atoms with van der Waals surface area (Å²) in [5.74, 6) is -0.841. The highest BCUT2D eigenvalue weighted by atomic mass is 79.9. The van der Waals surface area contributed by atoms with Gasteiger partial charge in [0, 0.05) is 26.7 Å². The lowest BCUT2D eigenvalue weighted by molar-refractivity contribution is 0.0947. The summed E-state index contributed by atoms with van der Waals surface area (Å²) in [7, 11) is 0. The van der Waals surface area contributed by atoms with Gasteiger partial charge in [0.2, 0.25) is 0 Å². The van der Waals surface area contributed by atoms with Crippen LogP contribution in [0.15, 0.2) is 87.5 Å². The third-order valence-electron chi connectivity index (χ3n) is 3.95. The predicted octanol–water partition coefficient (Wildman–Crippen LogP) is 3.68. The number of rotatable bonds is 6. The Labute approximate surface area is 181 Å². The van der Waals surface area contributed by atoms with Crippen molar-refractivity contribution in [3.05, 3.63) is 99.5 Å². The molecule has 0 radical (unpaired) electrons. The number of aromatic hydroxyl groups is 1. The molecule has 0 fully saturated rings. The first-order chi connectivity index (χ1) is 14.5. The molecule has 2 amide bonds. The average Bonchev–Trinajstić information content (AvgIpc) is 2.77. The second-order valence-corrected chi connectivity index (χ2v) is 6.98. The van der Waals surface area contributed by atoms with E-state index in [0.717, 1.165) is 0 Å². The van der Waals surface area contributed by atoms with Gasteiger partial charge in [0.1, 0.15) is 5.75 Å². The summed E-state index contributed by atoms with van der Waals surface area (Å²) in [6.07, 6.45) is 2.64. The zero-order valence-electron chi connectivity index (χ0n) is 15.6. The minimum Gasteiger partial charge on any atom is -0.507 e. The lowest BCUT2D eigenvalue weighted by Gasteiger charge is -2.05. The number of nitrogens with one attached hydrogen (secondary N) is 2. The highest BCUT2D eigenvalue weighted by Gasteiger charge is 2.08. The highest BCUT2D eigenvalue weighted by molar-refractivity contribution is 9.10. The van der Waals surface area contributed by atoms with E-state index in [2.05, 4.69) is 37.0 Å². The van der Waals surface area contributed by atoms with Gasteiger partial charge in [-0.3, -0.25) is 9.59 Å². The van der Waals surface area contributed by atoms with Gasteiger partial charge >= 0.3 is 0 Å². The molecule has 3 aromatic rings. The molecule has 150 valence electrons. The van der Waals surface area contributed by atoms with Crippen molar-refractivity contribution in [1.29, 1.82) is 0 Å².